The fourth-order valence-corrected chi connectivity index (χ4v) is 5.42. The molecule has 3 fully saturated rings. The minimum atomic E-state index is 0.219. The Balaban J connectivity index is 1.53. The van der Waals surface area contributed by atoms with E-state index in [0.29, 0.717) is 5.41 Å². The van der Waals surface area contributed by atoms with Gasteiger partial charge in [-0.3, -0.25) is 4.90 Å². The summed E-state index contributed by atoms with van der Waals surface area (Å²) in [5.74, 6) is 0.763. The van der Waals surface area contributed by atoms with E-state index in [2.05, 4.69) is 40.5 Å². The molecule has 2 saturated carbocycles. The summed E-state index contributed by atoms with van der Waals surface area (Å²) < 4.78 is 5.55. The second kappa shape index (κ2) is 5.52. The smallest absolute Gasteiger partial charge is 0.0594 e. The number of anilines is 1. The fraction of sp³-hybridized carbons (Fsp3) is 0.667. The van der Waals surface area contributed by atoms with Crippen molar-refractivity contribution in [1.29, 1.82) is 0 Å². The zero-order chi connectivity index (χ0) is 15.0. The first-order valence-electron chi connectivity index (χ1n) is 8.65. The molecule has 1 heterocycles. The zero-order valence-corrected chi connectivity index (χ0v) is 13.3. The molecular formula is C18H27N3O. The number of rotatable bonds is 5. The maximum absolute atomic E-state index is 6.33. The molecule has 3 aliphatic rings. The lowest BCUT2D eigenvalue weighted by Crippen LogP contribution is -2.54. The van der Waals surface area contributed by atoms with E-state index in [1.54, 1.807) is 0 Å². The second-order valence-corrected chi connectivity index (χ2v) is 7.05. The normalized spacial score (nSPS) is 37.8. The zero-order valence-electron chi connectivity index (χ0n) is 13.3. The van der Waals surface area contributed by atoms with Gasteiger partial charge in [0, 0.05) is 42.8 Å². The number of para-hydroxylation sites is 1. The Morgan fingerprint density at radius 2 is 2.00 bits per heavy atom. The Bertz CT molecular complexity index is 516. The molecule has 3 atom stereocenters. The van der Waals surface area contributed by atoms with Crippen LogP contribution in [-0.2, 0) is 4.74 Å². The Labute approximate surface area is 133 Å². The van der Waals surface area contributed by atoms with Gasteiger partial charge in [0.25, 0.3) is 0 Å². The van der Waals surface area contributed by atoms with Gasteiger partial charge < -0.3 is 15.8 Å². The number of ether oxygens (including phenoxy) is 1. The molecule has 120 valence electrons. The third-order valence-corrected chi connectivity index (χ3v) is 6.41. The van der Waals surface area contributed by atoms with Crippen molar-refractivity contribution >= 4 is 5.69 Å². The number of nitrogens with one attached hydrogen (secondary N) is 1. The van der Waals surface area contributed by atoms with Gasteiger partial charge in [-0.15, -0.1) is 0 Å². The first kappa shape index (κ1) is 14.5. The van der Waals surface area contributed by atoms with Gasteiger partial charge >= 0.3 is 0 Å². The van der Waals surface area contributed by atoms with Crippen LogP contribution in [-0.4, -0.2) is 49.8 Å². The summed E-state index contributed by atoms with van der Waals surface area (Å²) in [7, 11) is 0. The van der Waals surface area contributed by atoms with Crippen molar-refractivity contribution in [3.63, 3.8) is 0 Å². The molecule has 0 spiro atoms. The highest BCUT2D eigenvalue weighted by atomic mass is 16.5. The van der Waals surface area contributed by atoms with Gasteiger partial charge in [0.2, 0.25) is 0 Å². The monoisotopic (exact) mass is 301 g/mol. The number of hydrogen-bond acceptors (Lipinski definition) is 4. The van der Waals surface area contributed by atoms with Crippen molar-refractivity contribution in [3.8, 4) is 0 Å². The molecular weight excluding hydrogens is 274 g/mol. The van der Waals surface area contributed by atoms with Crippen LogP contribution in [0, 0.1) is 11.3 Å². The molecule has 0 radical (unpaired) electrons. The van der Waals surface area contributed by atoms with Crippen LogP contribution in [0.4, 0.5) is 5.69 Å². The van der Waals surface area contributed by atoms with E-state index in [0.717, 1.165) is 45.3 Å². The summed E-state index contributed by atoms with van der Waals surface area (Å²) in [6, 6.07) is 10.6. The molecule has 1 aromatic rings. The van der Waals surface area contributed by atoms with Crippen molar-refractivity contribution in [2.24, 2.45) is 17.1 Å². The van der Waals surface area contributed by atoms with E-state index in [1.807, 2.05) is 0 Å². The number of morpholine rings is 1. The third kappa shape index (κ3) is 1.94. The minimum absolute atomic E-state index is 0.219. The first-order chi connectivity index (χ1) is 10.8. The van der Waals surface area contributed by atoms with Crippen LogP contribution in [0.25, 0.3) is 0 Å². The van der Waals surface area contributed by atoms with Crippen LogP contribution in [0.15, 0.2) is 30.3 Å². The van der Waals surface area contributed by atoms with Gasteiger partial charge in [-0.05, 0) is 30.9 Å². The van der Waals surface area contributed by atoms with Crippen molar-refractivity contribution in [1.82, 2.24) is 4.90 Å². The topological polar surface area (TPSA) is 50.5 Å². The van der Waals surface area contributed by atoms with E-state index in [4.69, 9.17) is 10.5 Å². The van der Waals surface area contributed by atoms with E-state index < -0.39 is 0 Å². The van der Waals surface area contributed by atoms with E-state index in [1.165, 1.54) is 24.9 Å². The Morgan fingerprint density at radius 1 is 1.23 bits per heavy atom. The van der Waals surface area contributed by atoms with Crippen LogP contribution in [0.3, 0.4) is 0 Å². The van der Waals surface area contributed by atoms with Crippen molar-refractivity contribution < 1.29 is 4.74 Å². The molecule has 4 nitrogen and oxygen atoms in total. The average Bonchev–Trinajstić information content (AvgIpc) is 2.89. The SMILES string of the molecule is NC[C@@]1(N2CCOCC2)[C@@H]2CCC[C@@]21CNc1ccccc1. The fourth-order valence-electron chi connectivity index (χ4n) is 5.42. The molecule has 4 heteroatoms. The predicted octanol–water partition coefficient (Wildman–Crippen LogP) is 1.93. The van der Waals surface area contributed by atoms with Crippen molar-refractivity contribution in [2.75, 3.05) is 44.7 Å². The highest BCUT2D eigenvalue weighted by molar-refractivity contribution is 5.45. The standard InChI is InChI=1S/C18H27N3O/c19-13-18(21-9-11-22-12-10-21)16-7-4-8-17(16,18)14-20-15-5-2-1-3-6-15/h1-3,5-6,16,20H,4,7-14,19H2/t16-,17-,18-/m1/s1. The second-order valence-electron chi connectivity index (χ2n) is 7.05. The predicted molar refractivity (Wildman–Crippen MR) is 88.9 cm³/mol. The van der Waals surface area contributed by atoms with Gasteiger partial charge in [-0.1, -0.05) is 24.6 Å². The van der Waals surface area contributed by atoms with Gasteiger partial charge in [0.05, 0.1) is 13.2 Å². The molecule has 0 aromatic heterocycles. The van der Waals surface area contributed by atoms with Crippen LogP contribution in [0.2, 0.25) is 0 Å². The summed E-state index contributed by atoms with van der Waals surface area (Å²) in [5, 5.41) is 3.68. The van der Waals surface area contributed by atoms with Crippen molar-refractivity contribution in [2.45, 2.75) is 24.8 Å². The number of nitrogens with two attached hydrogens (primary N) is 1. The van der Waals surface area contributed by atoms with Gasteiger partial charge in [0.1, 0.15) is 0 Å². The number of nitrogens with zero attached hydrogens (tertiary/aromatic N) is 1. The first-order valence-corrected chi connectivity index (χ1v) is 8.65. The maximum Gasteiger partial charge on any atom is 0.0594 e. The molecule has 22 heavy (non-hydrogen) atoms. The van der Waals surface area contributed by atoms with Crippen LogP contribution in [0.5, 0.6) is 0 Å². The van der Waals surface area contributed by atoms with E-state index >= 15 is 0 Å². The van der Waals surface area contributed by atoms with E-state index in [9.17, 15) is 0 Å². The lowest BCUT2D eigenvalue weighted by atomic mass is 9.92. The molecule has 0 amide bonds. The molecule has 2 aliphatic carbocycles. The van der Waals surface area contributed by atoms with Crippen LogP contribution >= 0.6 is 0 Å². The van der Waals surface area contributed by atoms with Gasteiger partial charge in [-0.2, -0.15) is 0 Å². The summed E-state index contributed by atoms with van der Waals surface area (Å²) in [6.45, 7) is 5.64. The lowest BCUT2D eigenvalue weighted by molar-refractivity contribution is -0.00450. The Kier molecular flexibility index (Phi) is 3.63. The average molecular weight is 301 g/mol. The largest absolute Gasteiger partial charge is 0.384 e. The summed E-state index contributed by atoms with van der Waals surface area (Å²) in [6.07, 6.45) is 4.00. The van der Waals surface area contributed by atoms with E-state index in [-0.39, 0.29) is 5.54 Å². The summed E-state index contributed by atoms with van der Waals surface area (Å²) in [5.41, 5.74) is 8.15. The Hall–Kier alpha value is -1.10. The maximum atomic E-state index is 6.33. The number of fused-ring (bicyclic) bond motifs is 1. The summed E-state index contributed by atoms with van der Waals surface area (Å²) in [4.78, 5) is 2.65. The highest BCUT2D eigenvalue weighted by Crippen LogP contribution is 2.73. The molecule has 0 unspecified atom stereocenters. The Morgan fingerprint density at radius 3 is 2.73 bits per heavy atom. The lowest BCUT2D eigenvalue weighted by Gasteiger charge is -2.39. The van der Waals surface area contributed by atoms with Crippen LogP contribution < -0.4 is 11.1 Å². The molecule has 3 N–H and O–H groups in total. The number of benzene rings is 1. The molecule has 1 aliphatic heterocycles. The third-order valence-electron chi connectivity index (χ3n) is 6.41. The van der Waals surface area contributed by atoms with Gasteiger partial charge in [0.15, 0.2) is 0 Å². The van der Waals surface area contributed by atoms with Crippen LogP contribution in [0.1, 0.15) is 19.3 Å². The highest BCUT2D eigenvalue weighted by Gasteiger charge is 2.78. The number of hydrogen-bond donors (Lipinski definition) is 2. The molecule has 1 saturated heterocycles. The summed E-state index contributed by atoms with van der Waals surface area (Å²) >= 11 is 0. The quantitative estimate of drug-likeness (QED) is 0.872. The minimum Gasteiger partial charge on any atom is -0.384 e. The van der Waals surface area contributed by atoms with Gasteiger partial charge in [-0.25, -0.2) is 0 Å². The van der Waals surface area contributed by atoms with Crippen molar-refractivity contribution in [3.05, 3.63) is 30.3 Å². The molecule has 0 bridgehead atoms. The molecule has 4 rings (SSSR count). The molecule has 1 aromatic carbocycles.